The van der Waals surface area contributed by atoms with E-state index in [2.05, 4.69) is 46.4 Å². The Labute approximate surface area is 214 Å². The number of nitrogens with one attached hydrogen (secondary N) is 1. The number of ether oxygens (including phenoxy) is 1. The van der Waals surface area contributed by atoms with Crippen LogP contribution >= 0.6 is 0 Å². The van der Waals surface area contributed by atoms with Crippen LogP contribution < -0.4 is 15.4 Å². The van der Waals surface area contributed by atoms with Gasteiger partial charge in [0.25, 0.3) is 0 Å². The molecule has 4 rings (SSSR count). The van der Waals surface area contributed by atoms with E-state index in [1.165, 1.54) is 0 Å². The first-order valence-electron chi connectivity index (χ1n) is 12.8. The maximum Gasteiger partial charge on any atom is 0.326 e. The summed E-state index contributed by atoms with van der Waals surface area (Å²) in [5.41, 5.74) is 10.5. The minimum atomic E-state index is 0.0480. The summed E-state index contributed by atoms with van der Waals surface area (Å²) in [4.78, 5) is 19.7. The van der Waals surface area contributed by atoms with E-state index in [1.807, 2.05) is 33.8 Å². The summed E-state index contributed by atoms with van der Waals surface area (Å²) < 4.78 is 6.02. The van der Waals surface area contributed by atoms with Gasteiger partial charge in [0.05, 0.1) is 22.8 Å². The number of nitrogen functional groups attached to an aromatic ring is 1. The highest BCUT2D eigenvalue weighted by atomic mass is 16.5. The molecule has 0 amide bonds. The van der Waals surface area contributed by atoms with Gasteiger partial charge in [-0.25, -0.2) is 0 Å². The summed E-state index contributed by atoms with van der Waals surface area (Å²) in [7, 11) is 0. The molecule has 1 aliphatic rings. The van der Waals surface area contributed by atoms with Crippen molar-refractivity contribution in [1.29, 1.82) is 0 Å². The molecular weight excluding hydrogens is 452 g/mol. The van der Waals surface area contributed by atoms with Crippen molar-refractivity contribution in [3.8, 4) is 6.01 Å². The lowest BCUT2D eigenvalue weighted by atomic mass is 10.1. The highest BCUT2D eigenvalue weighted by Gasteiger charge is 2.32. The lowest BCUT2D eigenvalue weighted by molar-refractivity contribution is 0.307. The number of nitrogens with two attached hydrogens (primary N) is 1. The molecule has 1 aliphatic heterocycles. The fourth-order valence-corrected chi connectivity index (χ4v) is 4.71. The molecule has 0 bridgehead atoms. The van der Waals surface area contributed by atoms with Crippen molar-refractivity contribution < 1.29 is 9.84 Å². The zero-order valence-corrected chi connectivity index (χ0v) is 22.4. The third kappa shape index (κ3) is 5.70. The van der Waals surface area contributed by atoms with Gasteiger partial charge in [-0.15, -0.1) is 0 Å². The van der Waals surface area contributed by atoms with Gasteiger partial charge in [0, 0.05) is 36.7 Å². The number of aromatic nitrogens is 3. The molecule has 2 unspecified atom stereocenters. The summed E-state index contributed by atoms with van der Waals surface area (Å²) >= 11 is 0. The lowest BCUT2D eigenvalue weighted by Gasteiger charge is -2.25. The molecule has 8 heteroatoms. The van der Waals surface area contributed by atoms with Crippen LogP contribution in [0, 0.1) is 12.8 Å². The van der Waals surface area contributed by atoms with Gasteiger partial charge < -0.3 is 25.5 Å². The number of nitrogens with zero attached hydrogens (tertiary/aromatic N) is 4. The van der Waals surface area contributed by atoms with Crippen molar-refractivity contribution >= 4 is 39.2 Å². The number of hydrogen-bond donors (Lipinski definition) is 3. The van der Waals surface area contributed by atoms with Crippen LogP contribution in [0.25, 0.3) is 21.9 Å². The molecular formula is C28H40N6O2. The highest BCUT2D eigenvalue weighted by molar-refractivity contribution is 6.14. The predicted octanol–water partition coefficient (Wildman–Crippen LogP) is 5.90. The molecule has 8 nitrogen and oxygen atoms in total. The highest BCUT2D eigenvalue weighted by Crippen LogP contribution is 2.39. The number of aliphatic hydroxyl groups is 1. The van der Waals surface area contributed by atoms with Gasteiger partial charge in [0.15, 0.2) is 0 Å². The second-order valence-electron chi connectivity index (χ2n) is 9.19. The van der Waals surface area contributed by atoms with E-state index >= 15 is 0 Å². The Morgan fingerprint density at radius 3 is 2.78 bits per heavy atom. The summed E-state index contributed by atoms with van der Waals surface area (Å²) in [6.45, 7) is 17.2. The molecule has 0 radical (unpaired) electrons. The Morgan fingerprint density at radius 1 is 1.36 bits per heavy atom. The van der Waals surface area contributed by atoms with Crippen molar-refractivity contribution in [1.82, 2.24) is 15.0 Å². The third-order valence-electron chi connectivity index (χ3n) is 6.36. The van der Waals surface area contributed by atoms with Crippen LogP contribution in [0.2, 0.25) is 0 Å². The number of fused-ring (bicyclic) bond motifs is 3. The quantitative estimate of drug-likeness (QED) is 0.156. The van der Waals surface area contributed by atoms with Gasteiger partial charge in [-0.1, -0.05) is 34.3 Å². The fourth-order valence-electron chi connectivity index (χ4n) is 4.71. The molecule has 2 aromatic heterocycles. The molecule has 0 saturated carbocycles. The monoisotopic (exact) mass is 492 g/mol. The summed E-state index contributed by atoms with van der Waals surface area (Å²) in [5.74, 6) is 1.86. The van der Waals surface area contributed by atoms with Crippen molar-refractivity contribution in [2.24, 2.45) is 10.9 Å². The average Bonchev–Trinajstić information content (AvgIpc) is 3.43. The number of allylic oxidation sites excluding steroid dienone is 1. The van der Waals surface area contributed by atoms with Gasteiger partial charge in [-0.3, -0.25) is 4.99 Å². The molecule has 1 aromatic carbocycles. The predicted molar refractivity (Wildman–Crippen MR) is 151 cm³/mol. The normalized spacial score (nSPS) is 18.5. The van der Waals surface area contributed by atoms with Crippen molar-refractivity contribution in [3.05, 3.63) is 42.3 Å². The maximum absolute atomic E-state index is 9.10. The smallest absolute Gasteiger partial charge is 0.326 e. The van der Waals surface area contributed by atoms with Crippen LogP contribution in [0.3, 0.4) is 0 Å². The van der Waals surface area contributed by atoms with Crippen LogP contribution in [0.4, 0.5) is 11.5 Å². The molecule has 36 heavy (non-hydrogen) atoms. The van der Waals surface area contributed by atoms with E-state index in [4.69, 9.17) is 20.6 Å². The van der Waals surface area contributed by atoms with E-state index in [0.717, 1.165) is 52.8 Å². The van der Waals surface area contributed by atoms with Gasteiger partial charge in [-0.05, 0) is 56.4 Å². The number of anilines is 2. The van der Waals surface area contributed by atoms with Crippen LogP contribution in [0.5, 0.6) is 6.01 Å². The SMILES string of the molecule is C=C/C(=C\N=C(C)CCO)Oc1nc(N2CC(C)CC2CC)c2c(n1)[nH]c1c(N)cc(C)cc12.CC. The maximum atomic E-state index is 9.10. The number of aliphatic hydroxyl groups excluding tert-OH is 1. The van der Waals surface area contributed by atoms with Gasteiger partial charge in [0.2, 0.25) is 0 Å². The molecule has 0 spiro atoms. The Kier molecular flexibility index (Phi) is 9.09. The van der Waals surface area contributed by atoms with E-state index in [-0.39, 0.29) is 12.6 Å². The number of aromatic amines is 1. The summed E-state index contributed by atoms with van der Waals surface area (Å²) in [5, 5.41) is 11.1. The van der Waals surface area contributed by atoms with Crippen molar-refractivity contribution in [2.75, 3.05) is 23.8 Å². The standard InChI is InChI=1S/C26H34N6O2.C2H6/c1-6-18-10-16(4)14-32(18)25-22-20-11-15(3)12-21(27)23(20)29-24(22)30-26(31-25)34-19(7-2)13-28-17(5)8-9-33;1-2/h7,11-13,16,18,33H,2,6,8-10,14,27H2,1,3-5H3,(H,29,30,31);1-2H3/b19-13+,28-17?;. The largest absolute Gasteiger partial charge is 0.423 e. The van der Waals surface area contributed by atoms with Gasteiger partial charge in [0.1, 0.15) is 17.2 Å². The summed E-state index contributed by atoms with van der Waals surface area (Å²) in [6.07, 6.45) is 5.80. The molecule has 3 heterocycles. The van der Waals surface area contributed by atoms with Crippen LogP contribution in [0.1, 0.15) is 59.4 Å². The number of benzene rings is 1. The molecule has 1 saturated heterocycles. The summed E-state index contributed by atoms with van der Waals surface area (Å²) in [6, 6.07) is 4.71. The number of aryl methyl sites for hydroxylation is 1. The minimum Gasteiger partial charge on any atom is -0.423 e. The molecule has 1 fully saturated rings. The van der Waals surface area contributed by atoms with Crippen LogP contribution in [-0.2, 0) is 0 Å². The molecule has 194 valence electrons. The van der Waals surface area contributed by atoms with Crippen molar-refractivity contribution in [2.45, 2.75) is 66.8 Å². The molecule has 4 N–H and O–H groups in total. The van der Waals surface area contributed by atoms with Crippen LogP contribution in [0.15, 0.2) is 41.7 Å². The number of H-pyrrole nitrogens is 1. The zero-order valence-electron chi connectivity index (χ0n) is 22.4. The fraction of sp³-hybridized carbons (Fsp3) is 0.464. The molecule has 2 atom stereocenters. The number of hydrogen-bond acceptors (Lipinski definition) is 7. The first-order chi connectivity index (χ1) is 17.3. The van der Waals surface area contributed by atoms with E-state index in [1.54, 1.807) is 12.3 Å². The first-order valence-corrected chi connectivity index (χ1v) is 12.8. The minimum absolute atomic E-state index is 0.0480. The first kappa shape index (κ1) is 27.2. The Bertz CT molecular complexity index is 1280. The van der Waals surface area contributed by atoms with E-state index in [9.17, 15) is 0 Å². The second-order valence-corrected chi connectivity index (χ2v) is 9.19. The Hall–Kier alpha value is -3.39. The number of rotatable bonds is 8. The van der Waals surface area contributed by atoms with Crippen LogP contribution in [-0.4, -0.2) is 45.0 Å². The molecule has 3 aromatic rings. The number of aliphatic imine (C=N–C) groups is 1. The Balaban J connectivity index is 0.00000176. The van der Waals surface area contributed by atoms with Gasteiger partial charge >= 0.3 is 6.01 Å². The second kappa shape index (κ2) is 12.0. The zero-order chi connectivity index (χ0) is 26.4. The van der Waals surface area contributed by atoms with Crippen molar-refractivity contribution in [3.63, 3.8) is 0 Å². The third-order valence-corrected chi connectivity index (χ3v) is 6.36. The Morgan fingerprint density at radius 2 is 2.11 bits per heavy atom. The lowest BCUT2D eigenvalue weighted by Crippen LogP contribution is -2.30. The average molecular weight is 493 g/mol. The van der Waals surface area contributed by atoms with E-state index in [0.29, 0.717) is 35.5 Å². The van der Waals surface area contributed by atoms with E-state index < -0.39 is 0 Å². The van der Waals surface area contributed by atoms with Gasteiger partial charge in [-0.2, -0.15) is 9.97 Å². The topological polar surface area (TPSA) is 113 Å². The molecule has 0 aliphatic carbocycles.